The molecule has 0 spiro atoms. The highest BCUT2D eigenvalue weighted by Gasteiger charge is 2.11. The van der Waals surface area contributed by atoms with Crippen LogP contribution in [0.2, 0.25) is 0 Å². The summed E-state index contributed by atoms with van der Waals surface area (Å²) in [4.78, 5) is 15.2. The van der Waals surface area contributed by atoms with Crippen molar-refractivity contribution in [2.24, 2.45) is 7.05 Å². The van der Waals surface area contributed by atoms with Gasteiger partial charge in [0.15, 0.2) is 0 Å². The molecule has 0 fully saturated rings. The van der Waals surface area contributed by atoms with Gasteiger partial charge in [0.2, 0.25) is 0 Å². The highest BCUT2D eigenvalue weighted by atomic mass is 16.2. The van der Waals surface area contributed by atoms with E-state index in [2.05, 4.69) is 15.6 Å². The molecule has 78 valence electrons. The van der Waals surface area contributed by atoms with Crippen LogP contribution >= 0.6 is 0 Å². The van der Waals surface area contributed by atoms with Crippen molar-refractivity contribution < 1.29 is 4.79 Å². The number of amides is 2. The van der Waals surface area contributed by atoms with Crippen molar-refractivity contribution >= 4 is 6.03 Å². The van der Waals surface area contributed by atoms with Crippen LogP contribution in [0, 0.1) is 0 Å². The first-order chi connectivity index (χ1) is 6.65. The molecule has 14 heavy (non-hydrogen) atoms. The van der Waals surface area contributed by atoms with Crippen molar-refractivity contribution in [1.82, 2.24) is 20.2 Å². The quantitative estimate of drug-likeness (QED) is 0.751. The predicted octanol–water partition coefficient (Wildman–Crippen LogP) is 0.800. The molecule has 0 aliphatic heterocycles. The number of rotatable bonds is 3. The largest absolute Gasteiger partial charge is 0.338 e. The smallest absolute Gasteiger partial charge is 0.315 e. The summed E-state index contributed by atoms with van der Waals surface area (Å²) in [5, 5.41) is 5.49. The lowest BCUT2D eigenvalue weighted by molar-refractivity contribution is 0.238. The van der Waals surface area contributed by atoms with Crippen LogP contribution in [0.3, 0.4) is 0 Å². The Morgan fingerprint density at radius 1 is 1.71 bits per heavy atom. The van der Waals surface area contributed by atoms with Crippen LogP contribution in [-0.4, -0.2) is 22.1 Å². The minimum atomic E-state index is -0.152. The number of nitrogens with zero attached hydrogens (tertiary/aromatic N) is 2. The van der Waals surface area contributed by atoms with Crippen LogP contribution in [0.5, 0.6) is 0 Å². The number of hydrogen-bond acceptors (Lipinski definition) is 2. The monoisotopic (exact) mass is 196 g/mol. The third kappa shape index (κ3) is 2.48. The van der Waals surface area contributed by atoms with Gasteiger partial charge in [0.1, 0.15) is 0 Å². The molecule has 5 nitrogen and oxygen atoms in total. The number of nitrogens with one attached hydrogen (secondary N) is 2. The lowest BCUT2D eigenvalue weighted by atomic mass is 10.2. The van der Waals surface area contributed by atoms with E-state index in [1.54, 1.807) is 12.5 Å². The van der Waals surface area contributed by atoms with E-state index in [1.165, 1.54) is 0 Å². The summed E-state index contributed by atoms with van der Waals surface area (Å²) in [7, 11) is 1.90. The van der Waals surface area contributed by atoms with Gasteiger partial charge in [-0.15, -0.1) is 0 Å². The lowest BCUT2D eigenvalue weighted by Crippen LogP contribution is -2.37. The van der Waals surface area contributed by atoms with Crippen molar-refractivity contribution in [3.8, 4) is 0 Å². The number of hydrogen-bond donors (Lipinski definition) is 2. The minimum absolute atomic E-state index is 0.0333. The minimum Gasteiger partial charge on any atom is -0.338 e. The maximum Gasteiger partial charge on any atom is 0.315 e. The molecule has 1 heterocycles. The van der Waals surface area contributed by atoms with Gasteiger partial charge in [0.25, 0.3) is 0 Å². The van der Waals surface area contributed by atoms with Gasteiger partial charge in [-0.2, -0.15) is 0 Å². The SMILES string of the molecule is CCNC(=O)NC(C)c1cncn1C. The van der Waals surface area contributed by atoms with Gasteiger partial charge in [-0.3, -0.25) is 0 Å². The van der Waals surface area contributed by atoms with Crippen LogP contribution in [-0.2, 0) is 7.05 Å². The molecule has 0 aliphatic rings. The van der Waals surface area contributed by atoms with Gasteiger partial charge in [0, 0.05) is 13.6 Å². The summed E-state index contributed by atoms with van der Waals surface area (Å²) >= 11 is 0. The molecule has 1 aromatic heterocycles. The van der Waals surface area contributed by atoms with Crippen molar-refractivity contribution in [3.05, 3.63) is 18.2 Å². The summed E-state index contributed by atoms with van der Waals surface area (Å²) in [5.41, 5.74) is 0.983. The molecule has 1 aromatic rings. The average Bonchev–Trinajstić information content (AvgIpc) is 2.51. The highest BCUT2D eigenvalue weighted by molar-refractivity contribution is 5.74. The van der Waals surface area contributed by atoms with Gasteiger partial charge >= 0.3 is 6.03 Å². The predicted molar refractivity (Wildman–Crippen MR) is 53.8 cm³/mol. The number of carbonyl (C=O) groups excluding carboxylic acids is 1. The van der Waals surface area contributed by atoms with Crippen molar-refractivity contribution in [3.63, 3.8) is 0 Å². The Labute approximate surface area is 83.5 Å². The van der Waals surface area contributed by atoms with E-state index >= 15 is 0 Å². The zero-order chi connectivity index (χ0) is 10.6. The molecular formula is C9H16N4O. The molecule has 2 N–H and O–H groups in total. The summed E-state index contributed by atoms with van der Waals surface area (Å²) in [6.07, 6.45) is 3.46. The lowest BCUT2D eigenvalue weighted by Gasteiger charge is -2.14. The maximum absolute atomic E-state index is 11.2. The zero-order valence-electron chi connectivity index (χ0n) is 8.74. The summed E-state index contributed by atoms with van der Waals surface area (Å²) < 4.78 is 1.89. The first-order valence-corrected chi connectivity index (χ1v) is 4.65. The summed E-state index contributed by atoms with van der Waals surface area (Å²) in [5.74, 6) is 0. The van der Waals surface area contributed by atoms with Crippen LogP contribution < -0.4 is 10.6 Å². The van der Waals surface area contributed by atoms with E-state index in [9.17, 15) is 4.79 Å². The molecule has 0 aromatic carbocycles. The Morgan fingerprint density at radius 3 is 2.93 bits per heavy atom. The van der Waals surface area contributed by atoms with Gasteiger partial charge in [-0.25, -0.2) is 9.78 Å². The van der Waals surface area contributed by atoms with Gasteiger partial charge < -0.3 is 15.2 Å². The number of aryl methyl sites for hydroxylation is 1. The maximum atomic E-state index is 11.2. The second kappa shape index (κ2) is 4.64. The fourth-order valence-corrected chi connectivity index (χ4v) is 1.27. The van der Waals surface area contributed by atoms with Gasteiger partial charge in [0.05, 0.1) is 24.3 Å². The molecule has 0 aliphatic carbocycles. The fourth-order valence-electron chi connectivity index (χ4n) is 1.27. The second-order valence-electron chi connectivity index (χ2n) is 3.15. The number of aromatic nitrogens is 2. The third-order valence-corrected chi connectivity index (χ3v) is 1.98. The Morgan fingerprint density at radius 2 is 2.43 bits per heavy atom. The molecule has 0 saturated carbocycles. The second-order valence-corrected chi connectivity index (χ2v) is 3.15. The molecule has 1 rings (SSSR count). The Balaban J connectivity index is 2.54. The molecule has 0 saturated heterocycles. The Bertz CT molecular complexity index is 308. The van der Waals surface area contributed by atoms with Gasteiger partial charge in [-0.05, 0) is 13.8 Å². The molecular weight excluding hydrogens is 180 g/mol. The third-order valence-electron chi connectivity index (χ3n) is 1.98. The van der Waals surface area contributed by atoms with Crippen LogP contribution in [0.15, 0.2) is 12.5 Å². The topological polar surface area (TPSA) is 59.0 Å². The Hall–Kier alpha value is -1.52. The van der Waals surface area contributed by atoms with Gasteiger partial charge in [-0.1, -0.05) is 0 Å². The van der Waals surface area contributed by atoms with Crippen molar-refractivity contribution in [1.29, 1.82) is 0 Å². The molecule has 1 atom stereocenters. The number of carbonyl (C=O) groups is 1. The van der Waals surface area contributed by atoms with E-state index in [0.717, 1.165) is 5.69 Å². The normalized spacial score (nSPS) is 12.2. The highest BCUT2D eigenvalue weighted by Crippen LogP contribution is 2.09. The summed E-state index contributed by atoms with van der Waals surface area (Å²) in [6, 6.07) is -0.185. The molecule has 1 unspecified atom stereocenters. The molecule has 0 bridgehead atoms. The molecule has 0 radical (unpaired) electrons. The standard InChI is InChI=1S/C9H16N4O/c1-4-11-9(14)12-7(2)8-5-10-6-13(8)3/h5-7H,4H2,1-3H3,(H2,11,12,14). The van der Waals surface area contributed by atoms with E-state index < -0.39 is 0 Å². The summed E-state index contributed by atoms with van der Waals surface area (Å²) in [6.45, 7) is 4.44. The van der Waals surface area contributed by atoms with E-state index in [0.29, 0.717) is 6.54 Å². The van der Waals surface area contributed by atoms with Crippen molar-refractivity contribution in [2.45, 2.75) is 19.9 Å². The molecule has 5 heteroatoms. The van der Waals surface area contributed by atoms with Crippen LogP contribution in [0.25, 0.3) is 0 Å². The van der Waals surface area contributed by atoms with E-state index in [1.807, 2.05) is 25.5 Å². The first-order valence-electron chi connectivity index (χ1n) is 4.65. The number of urea groups is 1. The van der Waals surface area contributed by atoms with Crippen molar-refractivity contribution in [2.75, 3.05) is 6.54 Å². The van der Waals surface area contributed by atoms with E-state index in [4.69, 9.17) is 0 Å². The first kappa shape index (κ1) is 10.6. The van der Waals surface area contributed by atoms with E-state index in [-0.39, 0.29) is 12.1 Å². The molecule has 2 amide bonds. The zero-order valence-corrected chi connectivity index (χ0v) is 8.74. The fraction of sp³-hybridized carbons (Fsp3) is 0.556. The average molecular weight is 196 g/mol. The van der Waals surface area contributed by atoms with Crippen LogP contribution in [0.4, 0.5) is 4.79 Å². The van der Waals surface area contributed by atoms with Crippen LogP contribution in [0.1, 0.15) is 25.6 Å². The number of imidazole rings is 1. The Kier molecular flexibility index (Phi) is 3.50.